The molecule has 4 saturated carbocycles. The number of likely N-dealkylation sites (tertiary alicyclic amines) is 1. The van der Waals surface area contributed by atoms with Crippen LogP contribution in [0, 0.1) is 46.3 Å². The van der Waals surface area contributed by atoms with Crippen molar-refractivity contribution in [1.82, 2.24) is 4.90 Å². The number of aliphatic hydroxyl groups is 2. The Bertz CT molecular complexity index is 775. The van der Waals surface area contributed by atoms with Crippen molar-refractivity contribution in [2.75, 3.05) is 13.1 Å². The molecule has 0 unspecified atom stereocenters. The van der Waals surface area contributed by atoms with Gasteiger partial charge in [0.1, 0.15) is 0 Å². The molecule has 2 N–H and O–H groups in total. The summed E-state index contributed by atoms with van der Waals surface area (Å²) in [4.78, 5) is 15.0. The molecule has 0 spiro atoms. The quantitative estimate of drug-likeness (QED) is 0.486. The Morgan fingerprint density at radius 1 is 0.943 bits per heavy atom. The minimum absolute atomic E-state index is 0.0549. The van der Waals surface area contributed by atoms with Crippen LogP contribution in [0.25, 0.3) is 0 Å². The molecular formula is C31H53NO3. The zero-order chi connectivity index (χ0) is 25.0. The van der Waals surface area contributed by atoms with Crippen molar-refractivity contribution >= 4 is 5.91 Å². The first kappa shape index (κ1) is 26.0. The monoisotopic (exact) mass is 487 g/mol. The van der Waals surface area contributed by atoms with Crippen LogP contribution in [0.2, 0.25) is 0 Å². The van der Waals surface area contributed by atoms with E-state index in [2.05, 4.69) is 20.8 Å². The summed E-state index contributed by atoms with van der Waals surface area (Å²) in [5.74, 6) is 5.03. The van der Waals surface area contributed by atoms with Gasteiger partial charge >= 0.3 is 0 Å². The van der Waals surface area contributed by atoms with Gasteiger partial charge in [0.15, 0.2) is 0 Å². The standard InChI is InChI=1S/C31H53NO3/c1-5-31(35)16-18-32(19-17-31)28(34)11-6-21(2)25-9-10-26-24-8-7-22-20-23(33)12-14-29(22,3)27(24)13-15-30(25,26)4/h21-27,33,35H,5-20H2,1-4H3/t21-,22+,23+,24+,25-,26+,27+,29+,30-/m1/s1. The highest BCUT2D eigenvalue weighted by Crippen LogP contribution is 2.68. The van der Waals surface area contributed by atoms with Crippen molar-refractivity contribution < 1.29 is 15.0 Å². The van der Waals surface area contributed by atoms with E-state index in [1.165, 1.54) is 44.9 Å². The van der Waals surface area contributed by atoms with Crippen LogP contribution in [-0.2, 0) is 4.79 Å². The molecule has 1 amide bonds. The molecule has 5 fully saturated rings. The van der Waals surface area contributed by atoms with E-state index in [-0.39, 0.29) is 6.10 Å². The molecule has 5 rings (SSSR count). The summed E-state index contributed by atoms with van der Waals surface area (Å²) in [7, 11) is 0. The Morgan fingerprint density at radius 2 is 1.63 bits per heavy atom. The number of rotatable bonds is 5. The van der Waals surface area contributed by atoms with Crippen LogP contribution in [0.3, 0.4) is 0 Å². The number of hydrogen-bond acceptors (Lipinski definition) is 3. The first-order chi connectivity index (χ1) is 16.6. The number of fused-ring (bicyclic) bond motifs is 5. The average molecular weight is 488 g/mol. The van der Waals surface area contributed by atoms with Gasteiger partial charge in [-0.3, -0.25) is 4.79 Å². The molecule has 0 aromatic rings. The first-order valence-corrected chi connectivity index (χ1v) is 15.3. The summed E-state index contributed by atoms with van der Waals surface area (Å²) in [6.07, 6.45) is 15.4. The Balaban J connectivity index is 1.19. The van der Waals surface area contributed by atoms with Crippen molar-refractivity contribution in [2.24, 2.45) is 46.3 Å². The van der Waals surface area contributed by atoms with Gasteiger partial charge in [0.05, 0.1) is 11.7 Å². The lowest BCUT2D eigenvalue weighted by molar-refractivity contribution is -0.136. The first-order valence-electron chi connectivity index (χ1n) is 15.3. The molecule has 0 radical (unpaired) electrons. The Morgan fingerprint density at radius 3 is 2.34 bits per heavy atom. The molecule has 4 aliphatic carbocycles. The number of piperidine rings is 1. The highest BCUT2D eigenvalue weighted by molar-refractivity contribution is 5.76. The predicted octanol–water partition coefficient (Wildman–Crippen LogP) is 6.19. The zero-order valence-corrected chi connectivity index (χ0v) is 23.1. The molecule has 5 aliphatic rings. The molecule has 0 aromatic heterocycles. The van der Waals surface area contributed by atoms with Crippen molar-refractivity contribution in [3.8, 4) is 0 Å². The SMILES string of the molecule is CCC1(O)CCN(C(=O)CC[C@@H](C)[C@H]2CC[C@H]3[C@@H]4CC[C@H]5C[C@@H](O)CC[C@]5(C)[C@H]4CC[C@]23C)CC1. The third-order valence-corrected chi connectivity index (χ3v) is 12.9. The van der Waals surface area contributed by atoms with Gasteiger partial charge in [0.25, 0.3) is 0 Å². The summed E-state index contributed by atoms with van der Waals surface area (Å²) < 4.78 is 0. The van der Waals surface area contributed by atoms with E-state index >= 15 is 0 Å². The average Bonchev–Trinajstić information content (AvgIpc) is 3.20. The number of amides is 1. The molecule has 4 nitrogen and oxygen atoms in total. The largest absolute Gasteiger partial charge is 0.393 e. The van der Waals surface area contributed by atoms with E-state index in [0.717, 1.165) is 81.2 Å². The molecule has 1 heterocycles. The van der Waals surface area contributed by atoms with E-state index in [4.69, 9.17) is 0 Å². The second-order valence-corrected chi connectivity index (χ2v) is 14.3. The van der Waals surface area contributed by atoms with Crippen LogP contribution in [0.4, 0.5) is 0 Å². The Kier molecular flexibility index (Phi) is 7.14. The second kappa shape index (κ2) is 9.61. The fourth-order valence-corrected chi connectivity index (χ4v) is 10.4. The van der Waals surface area contributed by atoms with Crippen LogP contribution in [0.15, 0.2) is 0 Å². The molecular weight excluding hydrogens is 434 g/mol. The van der Waals surface area contributed by atoms with Crippen LogP contribution >= 0.6 is 0 Å². The lowest BCUT2D eigenvalue weighted by Gasteiger charge is -2.61. The second-order valence-electron chi connectivity index (χ2n) is 14.3. The fraction of sp³-hybridized carbons (Fsp3) is 0.968. The molecule has 35 heavy (non-hydrogen) atoms. The predicted molar refractivity (Wildman–Crippen MR) is 141 cm³/mol. The fourth-order valence-electron chi connectivity index (χ4n) is 10.4. The van der Waals surface area contributed by atoms with Gasteiger partial charge in [0.2, 0.25) is 5.91 Å². The molecule has 0 aromatic carbocycles. The summed E-state index contributed by atoms with van der Waals surface area (Å²) >= 11 is 0. The molecule has 1 saturated heterocycles. The molecule has 0 bridgehead atoms. The summed E-state index contributed by atoms with van der Waals surface area (Å²) in [6.45, 7) is 11.1. The lowest BCUT2D eigenvalue weighted by Crippen LogP contribution is -2.54. The summed E-state index contributed by atoms with van der Waals surface area (Å²) in [5.41, 5.74) is 0.353. The van der Waals surface area contributed by atoms with E-state index in [0.29, 0.717) is 29.1 Å². The summed E-state index contributed by atoms with van der Waals surface area (Å²) in [6, 6.07) is 0. The third-order valence-electron chi connectivity index (χ3n) is 12.9. The van der Waals surface area contributed by atoms with Crippen LogP contribution in [0.5, 0.6) is 0 Å². The van der Waals surface area contributed by atoms with Gasteiger partial charge in [0, 0.05) is 19.5 Å². The maximum absolute atomic E-state index is 13.0. The van der Waals surface area contributed by atoms with E-state index in [1.807, 2.05) is 11.8 Å². The number of hydrogen-bond donors (Lipinski definition) is 2. The van der Waals surface area contributed by atoms with E-state index < -0.39 is 5.60 Å². The van der Waals surface area contributed by atoms with Gasteiger partial charge < -0.3 is 15.1 Å². The summed E-state index contributed by atoms with van der Waals surface area (Å²) in [5, 5.41) is 20.8. The normalized spacial score (nSPS) is 45.8. The van der Waals surface area contributed by atoms with Crippen LogP contribution in [-0.4, -0.2) is 45.8 Å². The topological polar surface area (TPSA) is 60.8 Å². The van der Waals surface area contributed by atoms with E-state index in [1.54, 1.807) is 0 Å². The molecule has 9 atom stereocenters. The number of carbonyl (C=O) groups is 1. The lowest BCUT2D eigenvalue weighted by atomic mass is 9.44. The minimum Gasteiger partial charge on any atom is -0.393 e. The van der Waals surface area contributed by atoms with Crippen LogP contribution in [0.1, 0.15) is 118 Å². The van der Waals surface area contributed by atoms with Crippen molar-refractivity contribution in [3.63, 3.8) is 0 Å². The number of aliphatic hydroxyl groups excluding tert-OH is 1. The number of carbonyl (C=O) groups excluding carboxylic acids is 1. The van der Waals surface area contributed by atoms with E-state index in [9.17, 15) is 15.0 Å². The van der Waals surface area contributed by atoms with Gasteiger partial charge in [-0.15, -0.1) is 0 Å². The maximum Gasteiger partial charge on any atom is 0.222 e. The van der Waals surface area contributed by atoms with Crippen LogP contribution < -0.4 is 0 Å². The smallest absolute Gasteiger partial charge is 0.222 e. The zero-order valence-electron chi connectivity index (χ0n) is 23.1. The van der Waals surface area contributed by atoms with Gasteiger partial charge in [-0.05, 0) is 130 Å². The molecule has 200 valence electrons. The third kappa shape index (κ3) is 4.51. The maximum atomic E-state index is 13.0. The highest BCUT2D eigenvalue weighted by atomic mass is 16.3. The molecule has 1 aliphatic heterocycles. The molecule has 4 heteroatoms. The Labute approximate surface area is 214 Å². The minimum atomic E-state index is -0.552. The highest BCUT2D eigenvalue weighted by Gasteiger charge is 2.60. The van der Waals surface area contributed by atoms with Crippen molar-refractivity contribution in [2.45, 2.75) is 129 Å². The number of nitrogens with zero attached hydrogens (tertiary/aromatic N) is 1. The van der Waals surface area contributed by atoms with Crippen molar-refractivity contribution in [1.29, 1.82) is 0 Å². The van der Waals surface area contributed by atoms with Gasteiger partial charge in [-0.2, -0.15) is 0 Å². The van der Waals surface area contributed by atoms with Gasteiger partial charge in [-0.25, -0.2) is 0 Å². The Hall–Kier alpha value is -0.610. The van der Waals surface area contributed by atoms with Crippen molar-refractivity contribution in [3.05, 3.63) is 0 Å². The van der Waals surface area contributed by atoms with Gasteiger partial charge in [-0.1, -0.05) is 27.7 Å².